The van der Waals surface area contributed by atoms with Gasteiger partial charge < -0.3 is 10.0 Å². The van der Waals surface area contributed by atoms with E-state index in [4.69, 9.17) is 0 Å². The molecule has 0 aliphatic carbocycles. The van der Waals surface area contributed by atoms with Gasteiger partial charge in [-0.2, -0.15) is 13.2 Å². The highest BCUT2D eigenvalue weighted by molar-refractivity contribution is 5.92. The van der Waals surface area contributed by atoms with Gasteiger partial charge in [0.05, 0.1) is 17.7 Å². The van der Waals surface area contributed by atoms with Gasteiger partial charge in [-0.15, -0.1) is 0 Å². The monoisotopic (exact) mass is 331 g/mol. The van der Waals surface area contributed by atoms with Gasteiger partial charge in [-0.05, 0) is 43.5 Å². The molecule has 1 amide bonds. The third-order valence-corrected chi connectivity index (χ3v) is 3.77. The van der Waals surface area contributed by atoms with Crippen LogP contribution in [0.3, 0.4) is 0 Å². The first-order valence-electron chi connectivity index (χ1n) is 7.10. The number of allylic oxidation sites excluding steroid dienone is 1. The number of nitrogens with zero attached hydrogens (tertiary/aromatic N) is 1. The predicted octanol–water partition coefficient (Wildman–Crippen LogP) is 3.60. The number of hydrogen-bond donors (Lipinski definition) is 1. The molecule has 0 spiro atoms. The van der Waals surface area contributed by atoms with Crippen LogP contribution in [0.4, 0.5) is 17.6 Å². The number of rotatable bonds is 2. The van der Waals surface area contributed by atoms with E-state index in [0.717, 1.165) is 17.0 Å². The lowest BCUT2D eigenvalue weighted by molar-refractivity contribution is -0.137. The second-order valence-corrected chi connectivity index (χ2v) is 5.80. The summed E-state index contributed by atoms with van der Waals surface area (Å²) in [6.45, 7) is 2.75. The van der Waals surface area contributed by atoms with Gasteiger partial charge in [-0.25, -0.2) is 4.39 Å². The predicted molar refractivity (Wildman–Crippen MR) is 76.0 cm³/mol. The van der Waals surface area contributed by atoms with E-state index in [-0.39, 0.29) is 24.1 Å². The van der Waals surface area contributed by atoms with Crippen LogP contribution in [-0.4, -0.2) is 28.6 Å². The van der Waals surface area contributed by atoms with Gasteiger partial charge in [-0.3, -0.25) is 4.79 Å². The highest BCUT2D eigenvalue weighted by Gasteiger charge is 2.38. The fourth-order valence-electron chi connectivity index (χ4n) is 2.62. The van der Waals surface area contributed by atoms with Crippen LogP contribution in [0.5, 0.6) is 0 Å². The summed E-state index contributed by atoms with van der Waals surface area (Å²) in [5.41, 5.74) is -0.433. The lowest BCUT2D eigenvalue weighted by atomic mass is 10.0. The van der Waals surface area contributed by atoms with Crippen molar-refractivity contribution in [2.24, 2.45) is 0 Å². The third-order valence-electron chi connectivity index (χ3n) is 3.77. The van der Waals surface area contributed by atoms with Crippen LogP contribution in [0.2, 0.25) is 0 Å². The van der Waals surface area contributed by atoms with Gasteiger partial charge in [0.2, 0.25) is 0 Å². The number of likely N-dealkylation sites (tertiary alicyclic amines) is 1. The number of benzene rings is 1. The molecule has 0 radical (unpaired) electrons. The molecule has 1 N–H and O–H groups in total. The van der Waals surface area contributed by atoms with Gasteiger partial charge in [0.1, 0.15) is 0 Å². The molecule has 7 heteroatoms. The summed E-state index contributed by atoms with van der Waals surface area (Å²) in [4.78, 5) is 13.2. The number of alkyl halides is 3. The Labute approximate surface area is 131 Å². The largest absolute Gasteiger partial charge is 0.416 e. The van der Waals surface area contributed by atoms with Crippen LogP contribution in [0.1, 0.15) is 37.4 Å². The van der Waals surface area contributed by atoms with Gasteiger partial charge >= 0.3 is 6.18 Å². The van der Waals surface area contributed by atoms with Crippen LogP contribution in [0, 0.1) is 0 Å². The number of β-amino-alcohol motifs (C(OH)–C–C–N with tert-alkyl or cyclic N) is 1. The fraction of sp³-hybridized carbons (Fsp3) is 0.438. The Morgan fingerprint density at radius 1 is 1.30 bits per heavy atom. The van der Waals surface area contributed by atoms with Crippen LogP contribution < -0.4 is 0 Å². The molecule has 1 aliphatic heterocycles. The number of aliphatic hydroxyl groups excluding tert-OH is 1. The van der Waals surface area contributed by atoms with Crippen molar-refractivity contribution in [2.45, 2.75) is 38.6 Å². The molecule has 126 valence electrons. The average molecular weight is 331 g/mol. The molecule has 2 unspecified atom stereocenters. The fourth-order valence-corrected chi connectivity index (χ4v) is 2.62. The molecular formula is C16H17F4NO2. The molecule has 1 fully saturated rings. The van der Waals surface area contributed by atoms with Crippen molar-refractivity contribution in [3.8, 4) is 0 Å². The van der Waals surface area contributed by atoms with Crippen molar-refractivity contribution >= 4 is 5.91 Å². The summed E-state index contributed by atoms with van der Waals surface area (Å²) >= 11 is 0. The van der Waals surface area contributed by atoms with Crippen LogP contribution in [-0.2, 0) is 11.0 Å². The van der Waals surface area contributed by atoms with E-state index in [2.05, 4.69) is 0 Å². The van der Waals surface area contributed by atoms with Crippen molar-refractivity contribution in [3.05, 3.63) is 46.8 Å². The van der Waals surface area contributed by atoms with Crippen molar-refractivity contribution in [2.75, 3.05) is 6.54 Å². The lowest BCUT2D eigenvalue weighted by Crippen LogP contribution is -2.32. The first-order chi connectivity index (χ1) is 10.6. The van der Waals surface area contributed by atoms with Gasteiger partial charge in [0, 0.05) is 6.54 Å². The second kappa shape index (κ2) is 6.31. The quantitative estimate of drug-likeness (QED) is 0.664. The maximum absolute atomic E-state index is 13.9. The van der Waals surface area contributed by atoms with E-state index in [9.17, 15) is 27.5 Å². The zero-order chi connectivity index (χ0) is 17.4. The maximum Gasteiger partial charge on any atom is 0.416 e. The number of halogens is 4. The number of carbonyl (C=O) groups is 1. The SMILES string of the molecule is CC(C)=C(F)C(=O)N1CC(O)CC1c1cccc(C(F)(F)F)c1. The molecule has 2 atom stereocenters. The summed E-state index contributed by atoms with van der Waals surface area (Å²) in [6.07, 6.45) is -5.33. The highest BCUT2D eigenvalue weighted by Crippen LogP contribution is 2.37. The smallest absolute Gasteiger partial charge is 0.391 e. The normalized spacial score (nSPS) is 21.4. The molecule has 23 heavy (non-hydrogen) atoms. The van der Waals surface area contributed by atoms with Crippen LogP contribution >= 0.6 is 0 Å². The minimum atomic E-state index is -4.51. The number of amides is 1. The van der Waals surface area contributed by atoms with Crippen molar-refractivity contribution in [1.29, 1.82) is 0 Å². The molecule has 3 nitrogen and oxygen atoms in total. The second-order valence-electron chi connectivity index (χ2n) is 5.80. The number of hydrogen-bond acceptors (Lipinski definition) is 2. The Kier molecular flexibility index (Phi) is 4.79. The van der Waals surface area contributed by atoms with E-state index in [1.54, 1.807) is 0 Å². The standard InChI is InChI=1S/C16H17F4NO2/c1-9(2)14(17)15(23)21-8-12(22)7-13(21)10-4-3-5-11(6-10)16(18,19)20/h3-6,12-13,22H,7-8H2,1-2H3. The summed E-state index contributed by atoms with van der Waals surface area (Å²) < 4.78 is 52.4. The number of carbonyl (C=O) groups excluding carboxylic acids is 1. The summed E-state index contributed by atoms with van der Waals surface area (Å²) in [5.74, 6) is -1.86. The Morgan fingerprint density at radius 2 is 1.96 bits per heavy atom. The zero-order valence-electron chi connectivity index (χ0n) is 12.7. The van der Waals surface area contributed by atoms with E-state index < -0.39 is 35.6 Å². The first kappa shape index (κ1) is 17.5. The average Bonchev–Trinajstić information content (AvgIpc) is 2.87. The summed E-state index contributed by atoms with van der Waals surface area (Å²) in [7, 11) is 0. The minimum absolute atomic E-state index is 0.0725. The van der Waals surface area contributed by atoms with Crippen molar-refractivity contribution < 1.29 is 27.5 Å². The van der Waals surface area contributed by atoms with Gasteiger partial charge in [-0.1, -0.05) is 12.1 Å². The summed E-state index contributed by atoms with van der Waals surface area (Å²) in [5, 5.41) is 9.78. The molecule has 1 aromatic carbocycles. The maximum atomic E-state index is 13.9. The lowest BCUT2D eigenvalue weighted by Gasteiger charge is -2.25. The molecule has 1 heterocycles. The highest BCUT2D eigenvalue weighted by atomic mass is 19.4. The number of aliphatic hydroxyl groups is 1. The van der Waals surface area contributed by atoms with Gasteiger partial charge in [0.25, 0.3) is 5.91 Å². The van der Waals surface area contributed by atoms with Crippen LogP contribution in [0.15, 0.2) is 35.7 Å². The Morgan fingerprint density at radius 3 is 2.52 bits per heavy atom. The van der Waals surface area contributed by atoms with Crippen molar-refractivity contribution in [3.63, 3.8) is 0 Å². The molecule has 1 aromatic rings. The third kappa shape index (κ3) is 3.72. The molecule has 1 saturated heterocycles. The molecular weight excluding hydrogens is 314 g/mol. The van der Waals surface area contributed by atoms with Gasteiger partial charge in [0.15, 0.2) is 5.83 Å². The zero-order valence-corrected chi connectivity index (χ0v) is 12.7. The first-order valence-corrected chi connectivity index (χ1v) is 7.10. The minimum Gasteiger partial charge on any atom is -0.391 e. The Hall–Kier alpha value is -1.89. The Bertz CT molecular complexity index is 635. The topological polar surface area (TPSA) is 40.5 Å². The van der Waals surface area contributed by atoms with Crippen molar-refractivity contribution in [1.82, 2.24) is 4.90 Å². The van der Waals surface area contributed by atoms with E-state index in [1.807, 2.05) is 0 Å². The van der Waals surface area contributed by atoms with E-state index in [1.165, 1.54) is 26.0 Å². The molecule has 0 saturated carbocycles. The molecule has 0 aromatic heterocycles. The Balaban J connectivity index is 2.37. The van der Waals surface area contributed by atoms with E-state index >= 15 is 0 Å². The molecule has 0 bridgehead atoms. The van der Waals surface area contributed by atoms with E-state index in [0.29, 0.717) is 0 Å². The molecule has 1 aliphatic rings. The summed E-state index contributed by atoms with van der Waals surface area (Å²) in [6, 6.07) is 3.76. The van der Waals surface area contributed by atoms with Crippen LogP contribution in [0.25, 0.3) is 0 Å². The molecule has 2 rings (SSSR count).